The fourth-order valence-electron chi connectivity index (χ4n) is 1.20. The number of halogens is 1. The summed E-state index contributed by atoms with van der Waals surface area (Å²) in [5, 5.41) is 0. The number of carbonyl (C=O) groups excluding carboxylic acids is 4. The van der Waals surface area contributed by atoms with E-state index in [0.29, 0.717) is 0 Å². The van der Waals surface area contributed by atoms with E-state index in [1.807, 2.05) is 0 Å². The predicted octanol–water partition coefficient (Wildman–Crippen LogP) is -1.65. The van der Waals surface area contributed by atoms with Gasteiger partial charge in [-0.05, 0) is 0 Å². The Balaban J connectivity index is 3.10. The van der Waals surface area contributed by atoms with E-state index >= 15 is 0 Å². The first kappa shape index (κ1) is 17.9. The molecule has 0 radical (unpaired) electrons. The fourth-order valence-corrected chi connectivity index (χ4v) is 4.76. The van der Waals surface area contributed by atoms with Gasteiger partial charge in [-0.3, -0.25) is 0 Å². The average molecular weight is 425 g/mol. The minimum atomic E-state index is -5.14. The maximum atomic E-state index is 12.1. The molecule has 22 heavy (non-hydrogen) atoms. The van der Waals surface area contributed by atoms with E-state index in [9.17, 15) is 19.2 Å². The molecule has 1 rings (SSSR count). The molecule has 0 N–H and O–H groups in total. The molecule has 8 nitrogen and oxygen atoms in total. The number of carbonyl (C=O) groups is 4. The molecule has 122 valence electrons. The minimum absolute atomic E-state index is 0.113. The van der Waals surface area contributed by atoms with Crippen molar-refractivity contribution in [2.24, 2.45) is 0 Å². The van der Waals surface area contributed by atoms with Crippen LogP contribution in [0, 0.1) is 0 Å². The average Bonchev–Trinajstić information content (AvgIpc) is 2.36. The second-order valence-corrected chi connectivity index (χ2v) is 7.73. The van der Waals surface area contributed by atoms with Crippen LogP contribution in [0.25, 0.3) is 0 Å². The first-order valence-electron chi connectivity index (χ1n) is 5.91. The van der Waals surface area contributed by atoms with Crippen molar-refractivity contribution in [2.45, 2.75) is 20.8 Å². The molecule has 0 spiro atoms. The van der Waals surface area contributed by atoms with E-state index in [1.54, 1.807) is 18.2 Å². The van der Waals surface area contributed by atoms with Gasteiger partial charge >= 0.3 is 132 Å². The van der Waals surface area contributed by atoms with E-state index in [1.165, 1.54) is 12.1 Å². The van der Waals surface area contributed by atoms with Gasteiger partial charge in [-0.2, -0.15) is 0 Å². The summed E-state index contributed by atoms with van der Waals surface area (Å²) in [5.74, 6) is -3.69. The third kappa shape index (κ3) is 5.68. The first-order chi connectivity index (χ1) is 10.2. The van der Waals surface area contributed by atoms with Gasteiger partial charge in [0, 0.05) is 0 Å². The molecular formula is C13H14IO8-. The van der Waals surface area contributed by atoms with Crippen LogP contribution in [-0.2, 0) is 26.6 Å². The molecular weight excluding hydrogens is 411 g/mol. The quantitative estimate of drug-likeness (QED) is 0.518. The summed E-state index contributed by atoms with van der Waals surface area (Å²) in [7, 11) is 0. The second-order valence-electron chi connectivity index (χ2n) is 3.81. The van der Waals surface area contributed by atoms with Crippen molar-refractivity contribution in [3.63, 3.8) is 0 Å². The van der Waals surface area contributed by atoms with Crippen LogP contribution in [0.15, 0.2) is 30.3 Å². The molecule has 0 fully saturated rings. The molecule has 0 atom stereocenters. The summed E-state index contributed by atoms with van der Waals surface area (Å²) in [6.45, 7) is 3.00. The molecule has 0 aliphatic rings. The Bertz CT molecular complexity index is 542. The second kappa shape index (κ2) is 7.73. The summed E-state index contributed by atoms with van der Waals surface area (Å²) in [6, 6.07) is 7.70. The van der Waals surface area contributed by atoms with Gasteiger partial charge in [0.05, 0.1) is 0 Å². The first-order valence-corrected chi connectivity index (χ1v) is 9.43. The van der Waals surface area contributed by atoms with E-state index in [-0.39, 0.29) is 5.56 Å². The predicted molar refractivity (Wildman–Crippen MR) is 67.2 cm³/mol. The number of hydrogen-bond acceptors (Lipinski definition) is 8. The fraction of sp³-hybridized carbons (Fsp3) is 0.231. The van der Waals surface area contributed by atoms with Gasteiger partial charge in [-0.25, -0.2) is 0 Å². The zero-order chi connectivity index (χ0) is 16.8. The van der Waals surface area contributed by atoms with Gasteiger partial charge < -0.3 is 0 Å². The van der Waals surface area contributed by atoms with Crippen LogP contribution in [0.5, 0.6) is 0 Å². The van der Waals surface area contributed by atoms with E-state index in [0.717, 1.165) is 20.8 Å². The molecule has 0 saturated carbocycles. The summed E-state index contributed by atoms with van der Waals surface area (Å²) in [6.07, 6.45) is 0. The molecule has 0 bridgehead atoms. The Morgan fingerprint density at radius 3 is 1.50 bits per heavy atom. The van der Waals surface area contributed by atoms with Crippen LogP contribution >= 0.6 is 0 Å². The van der Waals surface area contributed by atoms with Crippen molar-refractivity contribution >= 4 is 23.9 Å². The van der Waals surface area contributed by atoms with Crippen molar-refractivity contribution in [3.8, 4) is 0 Å². The summed E-state index contributed by atoms with van der Waals surface area (Å²) >= 11 is -5.14. The number of hydrogen-bond donors (Lipinski definition) is 0. The standard InChI is InChI=1S/C13H14IO8/c1-9(15)19-14(20-10(2)16,21-11(3)17)22-13(18)12-7-5-4-6-8-12/h4-8H,1-3H3/q-1. The van der Waals surface area contributed by atoms with Gasteiger partial charge in [-0.15, -0.1) is 0 Å². The molecule has 0 amide bonds. The normalized spacial score (nSPS) is 11.0. The third-order valence-electron chi connectivity index (χ3n) is 1.78. The number of rotatable bonds is 5. The summed E-state index contributed by atoms with van der Waals surface area (Å²) < 4.78 is 19.3. The summed E-state index contributed by atoms with van der Waals surface area (Å²) in [4.78, 5) is 45.6. The Kier molecular flexibility index (Phi) is 6.28. The van der Waals surface area contributed by atoms with Gasteiger partial charge in [0.15, 0.2) is 0 Å². The van der Waals surface area contributed by atoms with Crippen LogP contribution in [0.2, 0.25) is 0 Å². The van der Waals surface area contributed by atoms with E-state index in [4.69, 9.17) is 12.3 Å². The summed E-state index contributed by atoms with van der Waals surface area (Å²) in [5.41, 5.74) is 0.113. The molecule has 0 heterocycles. The van der Waals surface area contributed by atoms with Gasteiger partial charge in [0.2, 0.25) is 0 Å². The monoisotopic (exact) mass is 425 g/mol. The molecule has 0 aliphatic heterocycles. The van der Waals surface area contributed by atoms with Crippen LogP contribution < -0.4 is 20.1 Å². The Hall–Kier alpha value is -2.17. The molecule has 1 aromatic carbocycles. The SMILES string of the molecule is CC(=O)O[I-](OC(C)=O)(OC(C)=O)OC(=O)c1ccccc1. The third-order valence-corrected chi connectivity index (χ3v) is 6.20. The topological polar surface area (TPSA) is 105 Å². The molecule has 9 heteroatoms. The van der Waals surface area contributed by atoms with Crippen LogP contribution in [0.1, 0.15) is 31.1 Å². The Morgan fingerprint density at radius 1 is 0.727 bits per heavy atom. The Labute approximate surface area is 132 Å². The van der Waals surface area contributed by atoms with Gasteiger partial charge in [0.1, 0.15) is 0 Å². The van der Waals surface area contributed by atoms with Crippen molar-refractivity contribution in [1.29, 1.82) is 0 Å². The van der Waals surface area contributed by atoms with Crippen molar-refractivity contribution < 1.29 is 51.5 Å². The van der Waals surface area contributed by atoms with Crippen LogP contribution in [0.3, 0.4) is 0 Å². The maximum absolute atomic E-state index is 12.1. The molecule has 0 aliphatic carbocycles. The Morgan fingerprint density at radius 2 is 1.14 bits per heavy atom. The molecule has 0 aromatic heterocycles. The zero-order valence-corrected chi connectivity index (χ0v) is 14.2. The molecule has 0 saturated heterocycles. The van der Waals surface area contributed by atoms with Crippen molar-refractivity contribution in [1.82, 2.24) is 0 Å². The van der Waals surface area contributed by atoms with Crippen molar-refractivity contribution in [3.05, 3.63) is 35.9 Å². The molecule has 1 aromatic rings. The van der Waals surface area contributed by atoms with Gasteiger partial charge in [-0.1, -0.05) is 0 Å². The van der Waals surface area contributed by atoms with Crippen LogP contribution in [0.4, 0.5) is 0 Å². The van der Waals surface area contributed by atoms with Gasteiger partial charge in [0.25, 0.3) is 0 Å². The van der Waals surface area contributed by atoms with Crippen molar-refractivity contribution in [2.75, 3.05) is 0 Å². The molecule has 0 unspecified atom stereocenters. The van der Waals surface area contributed by atoms with E-state index < -0.39 is 44.0 Å². The zero-order valence-electron chi connectivity index (χ0n) is 12.0. The van der Waals surface area contributed by atoms with Crippen LogP contribution in [-0.4, -0.2) is 23.9 Å². The number of benzene rings is 1. The van der Waals surface area contributed by atoms with E-state index in [2.05, 4.69) is 0 Å².